The van der Waals surface area contributed by atoms with Crippen molar-refractivity contribution in [2.45, 2.75) is 0 Å². The van der Waals surface area contributed by atoms with Crippen LogP contribution in [0.5, 0.6) is 0 Å². The molecule has 2 aromatic rings. The van der Waals surface area contributed by atoms with Crippen LogP contribution < -0.4 is 11.1 Å². The van der Waals surface area contributed by atoms with Crippen LogP contribution in [-0.4, -0.2) is 15.9 Å². The van der Waals surface area contributed by atoms with Crippen LogP contribution in [0, 0.1) is 5.82 Å². The molecule has 0 aliphatic carbocycles. The van der Waals surface area contributed by atoms with Crippen molar-refractivity contribution in [2.24, 2.45) is 5.73 Å². The van der Waals surface area contributed by atoms with Crippen molar-refractivity contribution >= 4 is 28.8 Å². The van der Waals surface area contributed by atoms with E-state index >= 15 is 0 Å². The third kappa shape index (κ3) is 3.11. The van der Waals surface area contributed by atoms with Crippen molar-refractivity contribution in [2.75, 3.05) is 5.32 Å². The molecule has 1 aromatic carbocycles. The molecule has 19 heavy (non-hydrogen) atoms. The average molecular weight is 275 g/mol. The maximum Gasteiger partial charge on any atom is 0.257 e. The first-order valence-electron chi connectivity index (χ1n) is 5.38. The van der Waals surface area contributed by atoms with E-state index in [1.54, 1.807) is 24.3 Å². The van der Waals surface area contributed by atoms with E-state index < -0.39 is 11.7 Å². The second-order valence-corrected chi connectivity index (χ2v) is 4.20. The zero-order valence-electron chi connectivity index (χ0n) is 9.76. The smallest absolute Gasteiger partial charge is 0.257 e. The molecule has 0 bridgehead atoms. The number of nitrogens with zero attached hydrogens (tertiary/aromatic N) is 1. The number of para-hydroxylation sites is 1. The Kier molecular flexibility index (Phi) is 3.82. The summed E-state index contributed by atoms with van der Waals surface area (Å²) in [7, 11) is 0. The number of nitrogens with one attached hydrogen (secondary N) is 1. The fraction of sp³-hybridized carbons (Fsp3) is 0. The van der Waals surface area contributed by atoms with Crippen LogP contribution in [0.15, 0.2) is 42.7 Å². The Balaban J connectivity index is 2.27. The van der Waals surface area contributed by atoms with E-state index in [-0.39, 0.29) is 10.6 Å². The van der Waals surface area contributed by atoms with Gasteiger partial charge in [0.1, 0.15) is 10.8 Å². The molecule has 1 aromatic heterocycles. The average Bonchev–Trinajstić information content (AvgIpc) is 2.39. The largest absolute Gasteiger partial charge is 0.389 e. The molecule has 0 aliphatic heterocycles. The third-order valence-corrected chi connectivity index (χ3v) is 2.63. The van der Waals surface area contributed by atoms with Gasteiger partial charge in [0.05, 0.1) is 17.4 Å². The van der Waals surface area contributed by atoms with E-state index in [2.05, 4.69) is 10.3 Å². The third-order valence-electron chi connectivity index (χ3n) is 2.41. The predicted octanol–water partition coefficient (Wildman–Crippen LogP) is 2.11. The Morgan fingerprint density at radius 2 is 2.05 bits per heavy atom. The van der Waals surface area contributed by atoms with Crippen LogP contribution in [0.4, 0.5) is 10.1 Å². The minimum Gasteiger partial charge on any atom is -0.389 e. The number of pyridine rings is 1. The zero-order chi connectivity index (χ0) is 13.8. The number of rotatable bonds is 3. The van der Waals surface area contributed by atoms with Crippen molar-refractivity contribution < 1.29 is 9.18 Å². The summed E-state index contributed by atoms with van der Waals surface area (Å²) in [6.45, 7) is 0. The highest BCUT2D eigenvalue weighted by atomic mass is 32.1. The van der Waals surface area contributed by atoms with Gasteiger partial charge in [0.25, 0.3) is 5.91 Å². The number of carbonyl (C=O) groups is 1. The summed E-state index contributed by atoms with van der Waals surface area (Å²) in [5.74, 6) is -1.05. The summed E-state index contributed by atoms with van der Waals surface area (Å²) in [4.78, 5) is 15.7. The fourth-order valence-electron chi connectivity index (χ4n) is 1.54. The molecule has 0 unspecified atom stereocenters. The Hall–Kier alpha value is -2.34. The van der Waals surface area contributed by atoms with Crippen LogP contribution >= 0.6 is 12.2 Å². The Morgan fingerprint density at radius 3 is 2.74 bits per heavy atom. The highest BCUT2D eigenvalue weighted by Gasteiger charge is 2.11. The van der Waals surface area contributed by atoms with Gasteiger partial charge in [-0.2, -0.15) is 0 Å². The van der Waals surface area contributed by atoms with Gasteiger partial charge in [0, 0.05) is 11.8 Å². The molecule has 1 heterocycles. The van der Waals surface area contributed by atoms with Crippen LogP contribution in [0.25, 0.3) is 0 Å². The van der Waals surface area contributed by atoms with Crippen LogP contribution in [0.2, 0.25) is 0 Å². The first-order chi connectivity index (χ1) is 9.08. The van der Waals surface area contributed by atoms with Gasteiger partial charge in [0.15, 0.2) is 0 Å². The number of anilines is 1. The van der Waals surface area contributed by atoms with Gasteiger partial charge in [0.2, 0.25) is 0 Å². The van der Waals surface area contributed by atoms with E-state index in [1.165, 1.54) is 6.20 Å². The molecule has 0 saturated carbocycles. The SMILES string of the molecule is NC(=S)c1ccccc1NC(=O)c1cncc(F)c1. The first kappa shape index (κ1) is 13.1. The van der Waals surface area contributed by atoms with E-state index in [1.807, 2.05) is 0 Å². The Bertz CT molecular complexity index is 645. The zero-order valence-corrected chi connectivity index (χ0v) is 10.6. The molecule has 2 rings (SSSR count). The summed E-state index contributed by atoms with van der Waals surface area (Å²) in [5.41, 5.74) is 6.71. The van der Waals surface area contributed by atoms with Gasteiger partial charge < -0.3 is 11.1 Å². The highest BCUT2D eigenvalue weighted by Crippen LogP contribution is 2.16. The van der Waals surface area contributed by atoms with E-state index in [4.69, 9.17) is 18.0 Å². The van der Waals surface area contributed by atoms with Gasteiger partial charge in [-0.3, -0.25) is 9.78 Å². The van der Waals surface area contributed by atoms with Crippen molar-refractivity contribution in [3.8, 4) is 0 Å². The number of thiocarbonyl (C=S) groups is 1. The van der Waals surface area contributed by atoms with Gasteiger partial charge in [-0.15, -0.1) is 0 Å². The molecule has 0 fully saturated rings. The summed E-state index contributed by atoms with van der Waals surface area (Å²) < 4.78 is 13.0. The van der Waals surface area contributed by atoms with Crippen molar-refractivity contribution in [1.82, 2.24) is 4.98 Å². The molecule has 0 atom stereocenters. The number of hydrogen-bond donors (Lipinski definition) is 2. The highest BCUT2D eigenvalue weighted by molar-refractivity contribution is 7.80. The number of carbonyl (C=O) groups excluding carboxylic acids is 1. The molecule has 4 nitrogen and oxygen atoms in total. The lowest BCUT2D eigenvalue weighted by Gasteiger charge is -2.09. The molecule has 3 N–H and O–H groups in total. The molecule has 6 heteroatoms. The summed E-state index contributed by atoms with van der Waals surface area (Å²) in [6.07, 6.45) is 2.31. The van der Waals surface area contributed by atoms with Gasteiger partial charge in [-0.1, -0.05) is 24.4 Å². The Labute approximate surface area is 114 Å². The number of benzene rings is 1. The molecule has 0 saturated heterocycles. The predicted molar refractivity (Wildman–Crippen MR) is 74.5 cm³/mol. The minimum absolute atomic E-state index is 0.123. The maximum absolute atomic E-state index is 13.0. The van der Waals surface area contributed by atoms with Crippen LogP contribution in [0.1, 0.15) is 15.9 Å². The molecular formula is C13H10FN3OS. The summed E-state index contributed by atoms with van der Waals surface area (Å²) in [6, 6.07) is 7.96. The normalized spacial score (nSPS) is 9.95. The topological polar surface area (TPSA) is 68.0 Å². The molecule has 0 aliphatic rings. The number of amides is 1. The van der Waals surface area contributed by atoms with Crippen LogP contribution in [0.3, 0.4) is 0 Å². The second kappa shape index (κ2) is 5.53. The van der Waals surface area contributed by atoms with Gasteiger partial charge in [-0.05, 0) is 18.2 Å². The summed E-state index contributed by atoms with van der Waals surface area (Å²) in [5, 5.41) is 2.62. The molecular weight excluding hydrogens is 265 g/mol. The lowest BCUT2D eigenvalue weighted by molar-refractivity contribution is 0.102. The maximum atomic E-state index is 13.0. The number of hydrogen-bond acceptors (Lipinski definition) is 3. The van der Waals surface area contributed by atoms with Crippen LogP contribution in [-0.2, 0) is 0 Å². The lowest BCUT2D eigenvalue weighted by atomic mass is 10.1. The number of aromatic nitrogens is 1. The van der Waals surface area contributed by atoms with E-state index in [9.17, 15) is 9.18 Å². The Morgan fingerprint density at radius 1 is 1.32 bits per heavy atom. The van der Waals surface area contributed by atoms with Crippen molar-refractivity contribution in [3.05, 3.63) is 59.7 Å². The number of halogens is 1. The molecule has 0 radical (unpaired) electrons. The molecule has 1 amide bonds. The lowest BCUT2D eigenvalue weighted by Crippen LogP contribution is -2.17. The first-order valence-corrected chi connectivity index (χ1v) is 5.79. The quantitative estimate of drug-likeness (QED) is 0.842. The van der Waals surface area contributed by atoms with Crippen molar-refractivity contribution in [3.63, 3.8) is 0 Å². The molecule has 96 valence electrons. The van der Waals surface area contributed by atoms with E-state index in [0.29, 0.717) is 11.3 Å². The van der Waals surface area contributed by atoms with Gasteiger partial charge in [-0.25, -0.2) is 4.39 Å². The number of nitrogens with two attached hydrogens (primary N) is 1. The monoisotopic (exact) mass is 275 g/mol. The summed E-state index contributed by atoms with van der Waals surface area (Å²) >= 11 is 4.89. The second-order valence-electron chi connectivity index (χ2n) is 3.76. The fourth-order valence-corrected chi connectivity index (χ4v) is 1.72. The minimum atomic E-state index is -0.574. The standard InChI is InChI=1S/C13H10FN3OS/c14-9-5-8(6-16-7-9)13(18)17-11-4-2-1-3-10(11)12(15)19/h1-7H,(H2,15,19)(H,17,18). The van der Waals surface area contributed by atoms with E-state index in [0.717, 1.165) is 12.3 Å². The van der Waals surface area contributed by atoms with Gasteiger partial charge >= 0.3 is 0 Å². The van der Waals surface area contributed by atoms with Crippen molar-refractivity contribution in [1.29, 1.82) is 0 Å². The molecule has 0 spiro atoms.